The topological polar surface area (TPSA) is 55.3 Å². The van der Waals surface area contributed by atoms with Crippen LogP contribution in [0.2, 0.25) is 0 Å². The predicted octanol–water partition coefficient (Wildman–Crippen LogP) is 2.64. The lowest BCUT2D eigenvalue weighted by Crippen LogP contribution is -2.18. The average Bonchev–Trinajstić information content (AvgIpc) is 2.75. The van der Waals surface area contributed by atoms with E-state index in [4.69, 9.17) is 10.2 Å². The van der Waals surface area contributed by atoms with E-state index in [0.29, 0.717) is 6.54 Å². The van der Waals surface area contributed by atoms with Crippen LogP contribution in [-0.4, -0.2) is 12.0 Å². The third-order valence-corrected chi connectivity index (χ3v) is 2.88. The molecule has 0 aromatic carbocycles. The number of hydrogen-bond acceptors (Lipinski definition) is 4. The van der Waals surface area contributed by atoms with E-state index in [2.05, 4.69) is 4.98 Å². The van der Waals surface area contributed by atoms with Crippen LogP contribution < -0.4 is 10.6 Å². The summed E-state index contributed by atoms with van der Waals surface area (Å²) in [6, 6.07) is 7.93. The summed E-state index contributed by atoms with van der Waals surface area (Å²) in [7, 11) is 1.99. The normalized spacial score (nSPS) is 12.4. The van der Waals surface area contributed by atoms with Gasteiger partial charge in [0.1, 0.15) is 17.3 Å². The molecule has 0 aliphatic carbocycles. The van der Waals surface area contributed by atoms with Crippen molar-refractivity contribution in [2.24, 2.45) is 5.73 Å². The first kappa shape index (κ1) is 12.6. The van der Waals surface area contributed by atoms with Crippen LogP contribution in [0.3, 0.4) is 0 Å². The summed E-state index contributed by atoms with van der Waals surface area (Å²) in [4.78, 5) is 6.40. The van der Waals surface area contributed by atoms with E-state index >= 15 is 0 Å². The molecule has 96 valence electrons. The van der Waals surface area contributed by atoms with Crippen LogP contribution in [0.1, 0.15) is 30.0 Å². The van der Waals surface area contributed by atoms with E-state index in [1.165, 1.54) is 0 Å². The molecule has 1 atom stereocenters. The molecule has 2 aromatic heterocycles. The second-order valence-corrected chi connectivity index (χ2v) is 4.60. The summed E-state index contributed by atoms with van der Waals surface area (Å²) >= 11 is 0. The van der Waals surface area contributed by atoms with E-state index in [1.807, 2.05) is 50.1 Å². The summed E-state index contributed by atoms with van der Waals surface area (Å²) < 4.78 is 5.56. The first-order valence-electron chi connectivity index (χ1n) is 6.04. The van der Waals surface area contributed by atoms with Crippen molar-refractivity contribution >= 4 is 5.82 Å². The third-order valence-electron chi connectivity index (χ3n) is 2.88. The standard InChI is InChI=1S/C14H19N3O/c1-10-4-5-13(18-10)9-17(3)14-8-12(11(2)15)6-7-16-14/h4-8,11H,9,15H2,1-3H3/t11-/m0/s1. The molecule has 0 saturated carbocycles. The third kappa shape index (κ3) is 2.90. The summed E-state index contributed by atoms with van der Waals surface area (Å²) in [6.07, 6.45) is 1.79. The summed E-state index contributed by atoms with van der Waals surface area (Å²) in [5.41, 5.74) is 6.96. The van der Waals surface area contributed by atoms with Crippen LogP contribution >= 0.6 is 0 Å². The van der Waals surface area contributed by atoms with Crippen molar-refractivity contribution < 1.29 is 4.42 Å². The van der Waals surface area contributed by atoms with E-state index in [-0.39, 0.29) is 6.04 Å². The van der Waals surface area contributed by atoms with Gasteiger partial charge in [0.05, 0.1) is 6.54 Å². The number of nitrogens with two attached hydrogens (primary N) is 1. The highest BCUT2D eigenvalue weighted by molar-refractivity contribution is 5.41. The Balaban J connectivity index is 2.13. The molecule has 0 radical (unpaired) electrons. The summed E-state index contributed by atoms with van der Waals surface area (Å²) in [5, 5.41) is 0. The summed E-state index contributed by atoms with van der Waals surface area (Å²) in [5.74, 6) is 2.76. The maximum atomic E-state index is 5.87. The van der Waals surface area contributed by atoms with Crippen molar-refractivity contribution in [3.05, 3.63) is 47.5 Å². The minimum Gasteiger partial charge on any atom is -0.464 e. The fraction of sp³-hybridized carbons (Fsp3) is 0.357. The van der Waals surface area contributed by atoms with Crippen molar-refractivity contribution in [2.75, 3.05) is 11.9 Å². The van der Waals surface area contributed by atoms with Gasteiger partial charge in [0.25, 0.3) is 0 Å². The Morgan fingerprint density at radius 2 is 2.17 bits per heavy atom. The average molecular weight is 245 g/mol. The molecule has 18 heavy (non-hydrogen) atoms. The highest BCUT2D eigenvalue weighted by Gasteiger charge is 2.08. The van der Waals surface area contributed by atoms with Crippen molar-refractivity contribution in [1.29, 1.82) is 0 Å². The number of furan rings is 1. The van der Waals surface area contributed by atoms with Gasteiger partial charge >= 0.3 is 0 Å². The van der Waals surface area contributed by atoms with Gasteiger partial charge in [-0.2, -0.15) is 0 Å². The number of aryl methyl sites for hydroxylation is 1. The van der Waals surface area contributed by atoms with Crippen LogP contribution in [0.25, 0.3) is 0 Å². The molecule has 4 nitrogen and oxygen atoms in total. The number of rotatable bonds is 4. The molecule has 0 aliphatic rings. The summed E-state index contributed by atoms with van der Waals surface area (Å²) in [6.45, 7) is 4.61. The van der Waals surface area contributed by atoms with Gasteiger partial charge in [-0.15, -0.1) is 0 Å². The molecule has 2 N–H and O–H groups in total. The second-order valence-electron chi connectivity index (χ2n) is 4.60. The molecule has 0 bridgehead atoms. The molecule has 0 aliphatic heterocycles. The van der Waals surface area contributed by atoms with E-state index in [9.17, 15) is 0 Å². The van der Waals surface area contributed by atoms with E-state index in [0.717, 1.165) is 22.9 Å². The molecule has 0 fully saturated rings. The maximum Gasteiger partial charge on any atom is 0.128 e. The first-order valence-corrected chi connectivity index (χ1v) is 6.04. The zero-order valence-electron chi connectivity index (χ0n) is 11.1. The highest BCUT2D eigenvalue weighted by Crippen LogP contribution is 2.18. The molecule has 2 heterocycles. The molecule has 0 saturated heterocycles. The predicted molar refractivity (Wildman–Crippen MR) is 72.4 cm³/mol. The van der Waals surface area contributed by atoms with Crippen LogP contribution in [0.5, 0.6) is 0 Å². The van der Waals surface area contributed by atoms with E-state index in [1.54, 1.807) is 6.20 Å². The monoisotopic (exact) mass is 245 g/mol. The first-order chi connectivity index (χ1) is 8.56. The molecule has 0 spiro atoms. The lowest BCUT2D eigenvalue weighted by Gasteiger charge is -2.18. The van der Waals surface area contributed by atoms with Crippen molar-refractivity contribution in [3.8, 4) is 0 Å². The number of nitrogens with zero attached hydrogens (tertiary/aromatic N) is 2. The van der Waals surface area contributed by atoms with Crippen LogP contribution in [0.15, 0.2) is 34.9 Å². The van der Waals surface area contributed by atoms with Gasteiger partial charge < -0.3 is 15.1 Å². The largest absolute Gasteiger partial charge is 0.464 e. The fourth-order valence-corrected chi connectivity index (χ4v) is 1.81. The Morgan fingerprint density at radius 3 is 2.78 bits per heavy atom. The lowest BCUT2D eigenvalue weighted by atomic mass is 10.1. The quantitative estimate of drug-likeness (QED) is 0.899. The van der Waals surface area contributed by atoms with Gasteiger partial charge in [-0.1, -0.05) is 0 Å². The fourth-order valence-electron chi connectivity index (χ4n) is 1.81. The van der Waals surface area contributed by atoms with Crippen LogP contribution in [-0.2, 0) is 6.54 Å². The Morgan fingerprint density at radius 1 is 1.39 bits per heavy atom. The van der Waals surface area contributed by atoms with Gasteiger partial charge in [-0.25, -0.2) is 4.98 Å². The molecule has 0 amide bonds. The molecule has 2 rings (SSSR count). The molecule has 2 aromatic rings. The van der Waals surface area contributed by atoms with E-state index < -0.39 is 0 Å². The van der Waals surface area contributed by atoms with Crippen molar-refractivity contribution in [2.45, 2.75) is 26.4 Å². The minimum absolute atomic E-state index is 0.0195. The van der Waals surface area contributed by atoms with Gasteiger partial charge in [0, 0.05) is 19.3 Å². The number of pyridine rings is 1. The van der Waals surface area contributed by atoms with Crippen LogP contribution in [0.4, 0.5) is 5.82 Å². The number of hydrogen-bond donors (Lipinski definition) is 1. The molecule has 4 heteroatoms. The van der Waals surface area contributed by atoms with Crippen molar-refractivity contribution in [3.63, 3.8) is 0 Å². The molecular formula is C14H19N3O. The van der Waals surface area contributed by atoms with Crippen LogP contribution in [0, 0.1) is 6.92 Å². The zero-order valence-corrected chi connectivity index (χ0v) is 11.1. The van der Waals surface area contributed by atoms with Crippen molar-refractivity contribution in [1.82, 2.24) is 4.98 Å². The van der Waals surface area contributed by atoms with Gasteiger partial charge in [-0.3, -0.25) is 0 Å². The van der Waals surface area contributed by atoms with Gasteiger partial charge in [0.2, 0.25) is 0 Å². The Hall–Kier alpha value is -1.81. The lowest BCUT2D eigenvalue weighted by molar-refractivity contribution is 0.481. The smallest absolute Gasteiger partial charge is 0.128 e. The maximum absolute atomic E-state index is 5.87. The molecule has 0 unspecified atom stereocenters. The SMILES string of the molecule is Cc1ccc(CN(C)c2cc([C@H](C)N)ccn2)o1. The number of aromatic nitrogens is 1. The minimum atomic E-state index is 0.0195. The number of anilines is 1. The zero-order chi connectivity index (χ0) is 13.1. The second kappa shape index (κ2) is 5.23. The van der Waals surface area contributed by atoms with Gasteiger partial charge in [-0.05, 0) is 43.7 Å². The Kier molecular flexibility index (Phi) is 3.67. The Labute approximate surface area is 107 Å². The highest BCUT2D eigenvalue weighted by atomic mass is 16.3. The Bertz CT molecular complexity index is 519. The van der Waals surface area contributed by atoms with Gasteiger partial charge in [0.15, 0.2) is 0 Å². The molecular weight excluding hydrogens is 226 g/mol.